The molecule has 1 saturated carbocycles. The van der Waals surface area contributed by atoms with Crippen LogP contribution in [-0.2, 0) is 6.42 Å². The van der Waals surface area contributed by atoms with Crippen LogP contribution in [0.3, 0.4) is 0 Å². The quantitative estimate of drug-likeness (QED) is 0.601. The second-order valence-corrected chi connectivity index (χ2v) is 10.1. The average Bonchev–Trinajstić information content (AvgIpc) is 3.09. The number of benzene rings is 1. The summed E-state index contributed by atoms with van der Waals surface area (Å²) >= 11 is 1.48. The number of fused-ring (bicyclic) bond motifs is 1. The van der Waals surface area contributed by atoms with Gasteiger partial charge in [0.2, 0.25) is 0 Å². The normalized spacial score (nSPS) is 17.5. The fourth-order valence-corrected chi connectivity index (χ4v) is 5.92. The third-order valence-electron chi connectivity index (χ3n) is 7.06. The average molecular weight is 449 g/mol. The Morgan fingerprint density at radius 2 is 1.81 bits per heavy atom. The summed E-state index contributed by atoms with van der Waals surface area (Å²) in [5.41, 5.74) is 4.58. The van der Waals surface area contributed by atoms with Gasteiger partial charge in [0.25, 0.3) is 5.91 Å². The fraction of sp³-hybridized carbons (Fsp3) is 0.462. The number of carbonyl (C=O) groups is 1. The first-order valence-corrected chi connectivity index (χ1v) is 12.6. The number of thiophene rings is 1. The van der Waals surface area contributed by atoms with Crippen molar-refractivity contribution < 1.29 is 4.79 Å². The Labute approximate surface area is 194 Å². The van der Waals surface area contributed by atoms with Crippen LogP contribution in [0.1, 0.15) is 45.8 Å². The smallest absolute Gasteiger partial charge is 0.261 e. The predicted octanol–water partition coefficient (Wildman–Crippen LogP) is 4.56. The zero-order valence-electron chi connectivity index (χ0n) is 19.1. The highest BCUT2D eigenvalue weighted by atomic mass is 32.1. The minimum absolute atomic E-state index is 0.00380. The molecule has 3 heterocycles. The molecule has 0 bridgehead atoms. The van der Waals surface area contributed by atoms with Crippen molar-refractivity contribution in [2.24, 2.45) is 0 Å². The lowest BCUT2D eigenvalue weighted by Gasteiger charge is -2.43. The molecule has 0 atom stereocenters. The Bertz CT molecular complexity index is 1090. The second kappa shape index (κ2) is 9.20. The minimum atomic E-state index is 0.00380. The molecule has 1 aromatic carbocycles. The number of hydrogen-bond donors (Lipinski definition) is 1. The SMILES string of the molecule is Cc1ccc2c(C)c(C(=O)NCCc3ccc(N4CCN(C5CCC5)CC4)cc3)sc2n1. The van der Waals surface area contributed by atoms with Gasteiger partial charge in [0.15, 0.2) is 0 Å². The molecule has 32 heavy (non-hydrogen) atoms. The van der Waals surface area contributed by atoms with Crippen LogP contribution in [0.2, 0.25) is 0 Å². The van der Waals surface area contributed by atoms with Crippen molar-refractivity contribution in [2.45, 2.75) is 45.6 Å². The van der Waals surface area contributed by atoms with E-state index in [1.807, 2.05) is 19.9 Å². The summed E-state index contributed by atoms with van der Waals surface area (Å²) in [5, 5.41) is 4.17. The second-order valence-electron chi connectivity index (χ2n) is 9.14. The van der Waals surface area contributed by atoms with Gasteiger partial charge in [-0.05, 0) is 68.5 Å². The van der Waals surface area contributed by atoms with E-state index in [1.165, 1.54) is 54.9 Å². The third-order valence-corrected chi connectivity index (χ3v) is 8.26. The maximum Gasteiger partial charge on any atom is 0.261 e. The summed E-state index contributed by atoms with van der Waals surface area (Å²) < 4.78 is 0. The van der Waals surface area contributed by atoms with Crippen molar-refractivity contribution in [1.82, 2.24) is 15.2 Å². The van der Waals surface area contributed by atoms with Gasteiger partial charge < -0.3 is 10.2 Å². The van der Waals surface area contributed by atoms with Crippen LogP contribution in [0.5, 0.6) is 0 Å². The van der Waals surface area contributed by atoms with E-state index in [-0.39, 0.29) is 5.91 Å². The first-order valence-electron chi connectivity index (χ1n) is 11.8. The Morgan fingerprint density at radius 1 is 1.06 bits per heavy atom. The van der Waals surface area contributed by atoms with Gasteiger partial charge in [-0.3, -0.25) is 9.69 Å². The Kier molecular flexibility index (Phi) is 6.15. The van der Waals surface area contributed by atoms with Crippen molar-refractivity contribution in [3.05, 3.63) is 58.1 Å². The molecule has 2 fully saturated rings. The van der Waals surface area contributed by atoms with E-state index in [0.29, 0.717) is 6.54 Å². The number of hydrogen-bond acceptors (Lipinski definition) is 5. The van der Waals surface area contributed by atoms with Gasteiger partial charge >= 0.3 is 0 Å². The van der Waals surface area contributed by atoms with Crippen LogP contribution < -0.4 is 10.2 Å². The molecule has 1 N–H and O–H groups in total. The third kappa shape index (κ3) is 4.39. The molecule has 2 aliphatic rings. The van der Waals surface area contributed by atoms with E-state index in [4.69, 9.17) is 0 Å². The van der Waals surface area contributed by atoms with E-state index < -0.39 is 0 Å². The molecule has 168 valence electrons. The molecule has 0 radical (unpaired) electrons. The molecule has 0 unspecified atom stereocenters. The predicted molar refractivity (Wildman–Crippen MR) is 133 cm³/mol. The molecule has 5 rings (SSSR count). The van der Waals surface area contributed by atoms with Crippen LogP contribution >= 0.6 is 11.3 Å². The molecule has 1 aliphatic heterocycles. The van der Waals surface area contributed by atoms with Crippen molar-refractivity contribution >= 4 is 33.1 Å². The largest absolute Gasteiger partial charge is 0.369 e. The summed E-state index contributed by atoms with van der Waals surface area (Å²) in [6.07, 6.45) is 5.03. The summed E-state index contributed by atoms with van der Waals surface area (Å²) in [5.74, 6) is 0.00380. The van der Waals surface area contributed by atoms with Gasteiger partial charge in [0, 0.05) is 55.5 Å². The van der Waals surface area contributed by atoms with Gasteiger partial charge in [-0.15, -0.1) is 11.3 Å². The number of rotatable bonds is 6. The molecule has 5 nitrogen and oxygen atoms in total. The van der Waals surface area contributed by atoms with Gasteiger partial charge in [0.05, 0.1) is 4.88 Å². The number of nitrogens with zero attached hydrogens (tertiary/aromatic N) is 3. The van der Waals surface area contributed by atoms with Gasteiger partial charge in [-0.2, -0.15) is 0 Å². The van der Waals surface area contributed by atoms with Crippen molar-refractivity contribution in [3.63, 3.8) is 0 Å². The molecule has 1 aliphatic carbocycles. The number of anilines is 1. The number of nitrogens with one attached hydrogen (secondary N) is 1. The molecule has 3 aromatic rings. The maximum atomic E-state index is 12.7. The Hall–Kier alpha value is -2.44. The number of aromatic nitrogens is 1. The van der Waals surface area contributed by atoms with Crippen LogP contribution in [-0.4, -0.2) is 54.6 Å². The van der Waals surface area contributed by atoms with Crippen LogP contribution in [0.4, 0.5) is 5.69 Å². The Morgan fingerprint density at radius 3 is 2.50 bits per heavy atom. The van der Waals surface area contributed by atoms with Gasteiger partial charge in [-0.25, -0.2) is 4.98 Å². The summed E-state index contributed by atoms with van der Waals surface area (Å²) in [7, 11) is 0. The number of carbonyl (C=O) groups excluding carboxylic acids is 1. The van der Waals surface area contributed by atoms with Gasteiger partial charge in [0.1, 0.15) is 4.83 Å². The molecule has 6 heteroatoms. The lowest BCUT2D eigenvalue weighted by Crippen LogP contribution is -2.52. The van der Waals surface area contributed by atoms with Crippen LogP contribution in [0.15, 0.2) is 36.4 Å². The monoisotopic (exact) mass is 448 g/mol. The minimum Gasteiger partial charge on any atom is -0.369 e. The van der Waals surface area contributed by atoms with Crippen molar-refractivity contribution in [3.8, 4) is 0 Å². The highest BCUT2D eigenvalue weighted by Crippen LogP contribution is 2.30. The maximum absolute atomic E-state index is 12.7. The molecule has 0 spiro atoms. The van der Waals surface area contributed by atoms with Gasteiger partial charge in [-0.1, -0.05) is 18.6 Å². The zero-order valence-corrected chi connectivity index (χ0v) is 19.9. The van der Waals surface area contributed by atoms with E-state index >= 15 is 0 Å². The number of pyridine rings is 1. The summed E-state index contributed by atoms with van der Waals surface area (Å²) in [4.78, 5) is 24.2. The van der Waals surface area contributed by atoms with Crippen molar-refractivity contribution in [2.75, 3.05) is 37.6 Å². The molecule has 1 amide bonds. The Balaban J connectivity index is 1.12. The van der Waals surface area contributed by atoms with E-state index in [0.717, 1.165) is 51.9 Å². The van der Waals surface area contributed by atoms with Crippen molar-refractivity contribution in [1.29, 1.82) is 0 Å². The van der Waals surface area contributed by atoms with Crippen LogP contribution in [0, 0.1) is 13.8 Å². The molecule has 2 aromatic heterocycles. The standard InChI is InChI=1S/C26H32N4OS/c1-18-6-11-23-19(2)24(32-26(23)28-18)25(31)27-13-12-20-7-9-22(10-8-20)30-16-14-29(15-17-30)21-4-3-5-21/h6-11,21H,3-5,12-17H2,1-2H3,(H,27,31). The highest BCUT2D eigenvalue weighted by molar-refractivity contribution is 7.20. The first kappa shape index (κ1) is 21.4. The lowest BCUT2D eigenvalue weighted by molar-refractivity contribution is 0.0957. The summed E-state index contributed by atoms with van der Waals surface area (Å²) in [6, 6.07) is 13.8. The van der Waals surface area contributed by atoms with E-state index in [1.54, 1.807) is 0 Å². The molecular weight excluding hydrogens is 416 g/mol. The van der Waals surface area contributed by atoms with E-state index in [2.05, 4.69) is 50.4 Å². The lowest BCUT2D eigenvalue weighted by atomic mass is 9.91. The zero-order chi connectivity index (χ0) is 22.1. The number of aryl methyl sites for hydroxylation is 2. The topological polar surface area (TPSA) is 48.5 Å². The number of amides is 1. The summed E-state index contributed by atoms with van der Waals surface area (Å²) in [6.45, 7) is 9.24. The van der Waals surface area contributed by atoms with E-state index in [9.17, 15) is 4.79 Å². The number of piperazine rings is 1. The highest BCUT2D eigenvalue weighted by Gasteiger charge is 2.27. The molecule has 1 saturated heterocycles. The first-order chi connectivity index (χ1) is 15.6. The molecular formula is C26H32N4OS. The van der Waals surface area contributed by atoms with Crippen LogP contribution in [0.25, 0.3) is 10.2 Å². The fourth-order valence-electron chi connectivity index (χ4n) is 4.78.